The predicted octanol–water partition coefficient (Wildman–Crippen LogP) is -4.74. The van der Waals surface area contributed by atoms with E-state index in [0.29, 0.717) is 23.8 Å². The largest absolute Gasteiger partial charge is 1.00 e. The Balaban J connectivity index is 0.00000241. The molecule has 6 N–H and O–H groups in total. The summed E-state index contributed by atoms with van der Waals surface area (Å²) in [6.07, 6.45) is 0.933. The highest BCUT2D eigenvalue weighted by Gasteiger charge is 2.27. The van der Waals surface area contributed by atoms with Crippen molar-refractivity contribution < 1.29 is 53.0 Å². The van der Waals surface area contributed by atoms with Gasteiger partial charge in [-0.15, -0.1) is 0 Å². The molecule has 2 aromatic rings. The molecule has 2 aromatic carbocycles. The number of ether oxygens (including phenoxy) is 3. The van der Waals surface area contributed by atoms with Gasteiger partial charge >= 0.3 is 11.9 Å². The SMILES string of the molecule is CCOC(=O)C(Oc1ccc2c(c1)C[N+](=C(N)N)CC2)c1ccc(O[C@H]2CC[N+](=C(C)N)C2)cc1.[Cl-].[Cl-]. The van der Waals surface area contributed by atoms with Gasteiger partial charge in [-0.25, -0.2) is 4.79 Å². The molecule has 0 aliphatic carbocycles. The Hall–Kier alpha value is -3.17. The van der Waals surface area contributed by atoms with E-state index in [0.717, 1.165) is 49.6 Å². The van der Waals surface area contributed by atoms with Crippen LogP contribution >= 0.6 is 0 Å². The minimum Gasteiger partial charge on any atom is -1.00 e. The number of nitrogens with zero attached hydrogens (tertiary/aromatic N) is 2. The minimum absolute atomic E-state index is 0. The summed E-state index contributed by atoms with van der Waals surface area (Å²) >= 11 is 0. The fraction of sp³-hybridized carbons (Fsp3) is 0.423. The first-order valence-electron chi connectivity index (χ1n) is 12.0. The third kappa shape index (κ3) is 7.42. The summed E-state index contributed by atoms with van der Waals surface area (Å²) < 4.78 is 21.6. The van der Waals surface area contributed by atoms with E-state index in [-0.39, 0.29) is 37.5 Å². The van der Waals surface area contributed by atoms with Crippen LogP contribution in [-0.2, 0) is 22.5 Å². The van der Waals surface area contributed by atoms with E-state index in [2.05, 4.69) is 4.58 Å². The number of nitrogens with two attached hydrogens (primary N) is 3. The summed E-state index contributed by atoms with van der Waals surface area (Å²) in [5.41, 5.74) is 20.4. The van der Waals surface area contributed by atoms with Crippen LogP contribution in [0.15, 0.2) is 42.5 Å². The number of hydrogen-bond acceptors (Lipinski definition) is 4. The molecule has 1 unspecified atom stereocenters. The number of esters is 1. The van der Waals surface area contributed by atoms with Crippen molar-refractivity contribution in [2.24, 2.45) is 17.2 Å². The minimum atomic E-state index is -0.899. The zero-order valence-electron chi connectivity index (χ0n) is 21.2. The van der Waals surface area contributed by atoms with E-state index in [1.807, 2.05) is 54.0 Å². The molecule has 2 atom stereocenters. The molecule has 1 fully saturated rings. The fourth-order valence-corrected chi connectivity index (χ4v) is 4.49. The number of fused-ring (bicyclic) bond motifs is 1. The quantitative estimate of drug-likeness (QED) is 0.179. The van der Waals surface area contributed by atoms with Crippen molar-refractivity contribution in [1.82, 2.24) is 0 Å². The van der Waals surface area contributed by atoms with Gasteiger partial charge in [-0.3, -0.25) is 26.4 Å². The van der Waals surface area contributed by atoms with Crippen molar-refractivity contribution >= 4 is 17.8 Å². The molecule has 0 radical (unpaired) electrons. The molecule has 0 aromatic heterocycles. The van der Waals surface area contributed by atoms with Gasteiger partial charge in [-0.05, 0) is 42.3 Å². The summed E-state index contributed by atoms with van der Waals surface area (Å²) in [6, 6.07) is 13.3. The lowest BCUT2D eigenvalue weighted by atomic mass is 10.0. The van der Waals surface area contributed by atoms with Gasteiger partial charge in [-0.2, -0.15) is 0 Å². The number of carbonyl (C=O) groups is 1. The second-order valence-electron chi connectivity index (χ2n) is 8.96. The second-order valence-corrected chi connectivity index (χ2v) is 8.96. The highest BCUT2D eigenvalue weighted by Crippen LogP contribution is 2.29. The van der Waals surface area contributed by atoms with Gasteiger partial charge in [-0.1, -0.05) is 18.2 Å². The zero-order valence-corrected chi connectivity index (χ0v) is 22.7. The van der Waals surface area contributed by atoms with Gasteiger partial charge in [0.1, 0.15) is 24.1 Å². The Morgan fingerprint density at radius 3 is 2.32 bits per heavy atom. The van der Waals surface area contributed by atoms with Crippen LogP contribution in [0, 0.1) is 0 Å². The Bertz CT molecular complexity index is 1150. The van der Waals surface area contributed by atoms with Gasteiger partial charge in [0.15, 0.2) is 0 Å². The lowest BCUT2D eigenvalue weighted by molar-refractivity contribution is -0.549. The number of benzene rings is 2. The molecule has 2 heterocycles. The molecule has 0 spiro atoms. The van der Waals surface area contributed by atoms with E-state index < -0.39 is 12.1 Å². The van der Waals surface area contributed by atoms with Crippen molar-refractivity contribution in [2.75, 3.05) is 26.2 Å². The first-order valence-corrected chi connectivity index (χ1v) is 12.0. The third-order valence-corrected chi connectivity index (χ3v) is 6.44. The summed E-state index contributed by atoms with van der Waals surface area (Å²) in [5, 5.41) is 0. The molecule has 11 heteroatoms. The smallest absolute Gasteiger partial charge is 0.352 e. The summed E-state index contributed by atoms with van der Waals surface area (Å²) in [6.45, 7) is 6.97. The monoisotopic (exact) mass is 551 g/mol. The van der Waals surface area contributed by atoms with E-state index in [1.54, 1.807) is 6.92 Å². The standard InChI is InChI=1S/C26H33N5O4.2ClH/c1-3-33-25(32)24(35-22-9-4-18-10-12-31(26(28)29)15-20(18)14-22)19-5-7-21(8-6-19)34-23-11-13-30(16-23)17(2)27;;/h4-9,14,23-24,27H,3,10-13,15-16H2,1-2H3,(H3,28,29);2*1H/t23-,24?;;/m0../s1. The van der Waals surface area contributed by atoms with Gasteiger partial charge in [0.25, 0.3) is 0 Å². The molecule has 1 saturated heterocycles. The molecular formula is C26H35Cl2N5O4. The number of halogens is 2. The Morgan fingerprint density at radius 1 is 1.00 bits per heavy atom. The van der Waals surface area contributed by atoms with Crippen LogP contribution in [0.5, 0.6) is 11.5 Å². The molecular weight excluding hydrogens is 517 g/mol. The van der Waals surface area contributed by atoms with Crippen molar-refractivity contribution in [2.45, 2.75) is 45.4 Å². The van der Waals surface area contributed by atoms with Crippen LogP contribution < -0.4 is 51.5 Å². The van der Waals surface area contributed by atoms with Crippen LogP contribution in [0.4, 0.5) is 0 Å². The Labute approximate surface area is 230 Å². The predicted molar refractivity (Wildman–Crippen MR) is 133 cm³/mol. The van der Waals surface area contributed by atoms with Gasteiger partial charge in [0, 0.05) is 25.3 Å². The molecule has 37 heavy (non-hydrogen) atoms. The number of guanidine groups is 1. The van der Waals surface area contributed by atoms with Crippen LogP contribution in [0.3, 0.4) is 0 Å². The lowest BCUT2D eigenvalue weighted by Crippen LogP contribution is -3.00. The topological polar surface area (TPSA) is 129 Å². The number of amidine groups is 1. The fourth-order valence-electron chi connectivity index (χ4n) is 4.49. The average Bonchev–Trinajstić information content (AvgIpc) is 3.31. The highest BCUT2D eigenvalue weighted by molar-refractivity contribution is 5.77. The molecule has 9 nitrogen and oxygen atoms in total. The van der Waals surface area contributed by atoms with Crippen molar-refractivity contribution in [1.29, 1.82) is 0 Å². The number of carbonyl (C=O) groups excluding carboxylic acids is 1. The van der Waals surface area contributed by atoms with E-state index in [4.69, 9.17) is 31.4 Å². The highest BCUT2D eigenvalue weighted by atomic mass is 35.5. The Kier molecular flexibility index (Phi) is 10.9. The van der Waals surface area contributed by atoms with Crippen LogP contribution in [-0.4, -0.2) is 59.3 Å². The molecule has 0 bridgehead atoms. The molecule has 2 aliphatic rings. The summed E-state index contributed by atoms with van der Waals surface area (Å²) in [4.78, 5) is 12.8. The summed E-state index contributed by atoms with van der Waals surface area (Å²) in [5.74, 6) is 1.98. The van der Waals surface area contributed by atoms with Crippen molar-refractivity contribution in [3.8, 4) is 11.5 Å². The lowest BCUT2D eigenvalue weighted by Gasteiger charge is -2.22. The third-order valence-electron chi connectivity index (χ3n) is 6.44. The van der Waals surface area contributed by atoms with Gasteiger partial charge in [0.2, 0.25) is 11.9 Å². The van der Waals surface area contributed by atoms with Crippen LogP contribution in [0.2, 0.25) is 0 Å². The molecule has 0 saturated carbocycles. The maximum absolute atomic E-state index is 12.8. The first kappa shape index (κ1) is 30.1. The number of rotatable bonds is 7. The van der Waals surface area contributed by atoms with Gasteiger partial charge in [0.05, 0.1) is 26.2 Å². The van der Waals surface area contributed by atoms with E-state index in [9.17, 15) is 4.79 Å². The van der Waals surface area contributed by atoms with Crippen LogP contribution in [0.25, 0.3) is 0 Å². The van der Waals surface area contributed by atoms with Crippen molar-refractivity contribution in [3.63, 3.8) is 0 Å². The van der Waals surface area contributed by atoms with Gasteiger partial charge < -0.3 is 39.0 Å². The normalized spacial score (nSPS) is 18.4. The van der Waals surface area contributed by atoms with Crippen molar-refractivity contribution in [3.05, 3.63) is 59.2 Å². The maximum Gasteiger partial charge on any atom is 0.352 e. The van der Waals surface area contributed by atoms with E-state index >= 15 is 0 Å². The zero-order chi connectivity index (χ0) is 24.9. The maximum atomic E-state index is 12.8. The Morgan fingerprint density at radius 2 is 1.70 bits per heavy atom. The summed E-state index contributed by atoms with van der Waals surface area (Å²) in [7, 11) is 0. The second kappa shape index (κ2) is 13.4. The number of hydrogen-bond donors (Lipinski definition) is 3. The van der Waals surface area contributed by atoms with Crippen LogP contribution in [0.1, 0.15) is 43.1 Å². The van der Waals surface area contributed by atoms with E-state index in [1.165, 1.54) is 5.56 Å². The molecule has 2 aliphatic heterocycles. The molecule has 202 valence electrons. The first-order chi connectivity index (χ1) is 16.8. The molecule has 4 rings (SSSR count). The average molecular weight is 553 g/mol. The molecule has 0 amide bonds.